The number of nitrogens with zero attached hydrogens (tertiary/aromatic N) is 1. The van der Waals surface area contributed by atoms with Gasteiger partial charge in [-0.3, -0.25) is 4.79 Å². The molecule has 2 aromatic carbocycles. The number of ketones is 1. The standard InChI is InChI=1S/C22H27NO2/c1-3-4-10-19(24)15-22-21-16-20(25-2)12-11-17(21)13-14-23(22)18-8-6-5-7-9-18/h5-9,11-12,16,22H,3-4,10,13-15H2,1-2H3/t22-/m0/s1. The van der Waals surface area contributed by atoms with Crippen molar-refractivity contribution in [3.05, 3.63) is 59.7 Å². The average molecular weight is 337 g/mol. The van der Waals surface area contributed by atoms with E-state index in [0.29, 0.717) is 18.6 Å². The molecule has 0 fully saturated rings. The number of carbonyl (C=O) groups excluding carboxylic acids is 1. The van der Waals surface area contributed by atoms with Crippen LogP contribution in [0.3, 0.4) is 0 Å². The number of fused-ring (bicyclic) bond motifs is 1. The van der Waals surface area contributed by atoms with Crippen molar-refractivity contribution < 1.29 is 9.53 Å². The van der Waals surface area contributed by atoms with E-state index < -0.39 is 0 Å². The van der Waals surface area contributed by atoms with Crippen LogP contribution in [0.2, 0.25) is 0 Å². The lowest BCUT2D eigenvalue weighted by atomic mass is 9.88. The molecule has 1 atom stereocenters. The SMILES string of the molecule is CCCCC(=O)C[C@H]1c2cc(OC)ccc2CCN1c1ccccc1. The number of anilines is 1. The molecule has 3 nitrogen and oxygen atoms in total. The van der Waals surface area contributed by atoms with E-state index >= 15 is 0 Å². The number of methoxy groups -OCH3 is 1. The van der Waals surface area contributed by atoms with Gasteiger partial charge in [0, 0.05) is 25.1 Å². The number of rotatable bonds is 7. The third-order valence-electron chi connectivity index (χ3n) is 5.03. The molecule has 0 saturated carbocycles. The topological polar surface area (TPSA) is 29.5 Å². The fourth-order valence-electron chi connectivity index (χ4n) is 3.64. The summed E-state index contributed by atoms with van der Waals surface area (Å²) in [6.07, 6.45) is 4.27. The van der Waals surface area contributed by atoms with Gasteiger partial charge in [-0.1, -0.05) is 37.6 Å². The average Bonchev–Trinajstić information content (AvgIpc) is 2.67. The minimum absolute atomic E-state index is 0.0885. The van der Waals surface area contributed by atoms with Gasteiger partial charge in [-0.2, -0.15) is 0 Å². The number of carbonyl (C=O) groups is 1. The van der Waals surface area contributed by atoms with Gasteiger partial charge >= 0.3 is 0 Å². The van der Waals surface area contributed by atoms with Crippen LogP contribution in [0.25, 0.3) is 0 Å². The second kappa shape index (κ2) is 8.19. The minimum atomic E-state index is 0.0885. The van der Waals surface area contributed by atoms with Gasteiger partial charge in [0.15, 0.2) is 0 Å². The van der Waals surface area contributed by atoms with E-state index in [1.807, 2.05) is 12.1 Å². The second-order valence-corrected chi connectivity index (χ2v) is 6.71. The highest BCUT2D eigenvalue weighted by Gasteiger charge is 2.29. The highest BCUT2D eigenvalue weighted by atomic mass is 16.5. The lowest BCUT2D eigenvalue weighted by Crippen LogP contribution is -2.36. The Labute approximate surface area is 150 Å². The van der Waals surface area contributed by atoms with E-state index in [1.165, 1.54) is 16.8 Å². The summed E-state index contributed by atoms with van der Waals surface area (Å²) < 4.78 is 5.44. The van der Waals surface area contributed by atoms with Crippen LogP contribution in [-0.2, 0) is 11.2 Å². The molecule has 0 amide bonds. The number of para-hydroxylation sites is 1. The van der Waals surface area contributed by atoms with Gasteiger partial charge in [0.05, 0.1) is 13.2 Å². The van der Waals surface area contributed by atoms with Crippen LogP contribution in [0.1, 0.15) is 49.8 Å². The number of unbranched alkanes of at least 4 members (excludes halogenated alkanes) is 1. The molecule has 1 aliphatic heterocycles. The fourth-order valence-corrected chi connectivity index (χ4v) is 3.64. The molecule has 0 unspecified atom stereocenters. The Kier molecular flexibility index (Phi) is 5.75. The van der Waals surface area contributed by atoms with Crippen LogP contribution in [0.15, 0.2) is 48.5 Å². The summed E-state index contributed by atoms with van der Waals surface area (Å²) in [7, 11) is 1.70. The van der Waals surface area contributed by atoms with Crippen molar-refractivity contribution in [1.82, 2.24) is 0 Å². The smallest absolute Gasteiger partial charge is 0.135 e. The maximum atomic E-state index is 12.6. The number of hydrogen-bond acceptors (Lipinski definition) is 3. The molecule has 1 aliphatic rings. The van der Waals surface area contributed by atoms with Crippen molar-refractivity contribution in [2.45, 2.75) is 45.1 Å². The summed E-state index contributed by atoms with van der Waals surface area (Å²) in [6, 6.07) is 16.8. The highest BCUT2D eigenvalue weighted by Crippen LogP contribution is 2.38. The van der Waals surface area contributed by atoms with Crippen LogP contribution < -0.4 is 9.64 Å². The molecule has 25 heavy (non-hydrogen) atoms. The Balaban J connectivity index is 1.94. The highest BCUT2D eigenvalue weighted by molar-refractivity contribution is 5.80. The van der Waals surface area contributed by atoms with Gasteiger partial charge in [0.2, 0.25) is 0 Å². The molecule has 0 bridgehead atoms. The van der Waals surface area contributed by atoms with E-state index in [0.717, 1.165) is 31.6 Å². The zero-order chi connectivity index (χ0) is 17.6. The molecule has 3 rings (SSSR count). The van der Waals surface area contributed by atoms with E-state index in [2.05, 4.69) is 48.2 Å². The molecule has 1 heterocycles. The van der Waals surface area contributed by atoms with E-state index in [1.54, 1.807) is 7.11 Å². The third-order valence-corrected chi connectivity index (χ3v) is 5.03. The molecule has 0 radical (unpaired) electrons. The predicted octanol–water partition coefficient (Wildman–Crippen LogP) is 4.95. The first-order valence-corrected chi connectivity index (χ1v) is 9.23. The van der Waals surface area contributed by atoms with Crippen molar-refractivity contribution in [1.29, 1.82) is 0 Å². The predicted molar refractivity (Wildman–Crippen MR) is 102 cm³/mol. The van der Waals surface area contributed by atoms with Crippen LogP contribution in [-0.4, -0.2) is 19.4 Å². The first-order chi connectivity index (χ1) is 12.2. The van der Waals surface area contributed by atoms with Gasteiger partial charge in [-0.25, -0.2) is 0 Å². The zero-order valence-corrected chi connectivity index (χ0v) is 15.2. The molecular formula is C22H27NO2. The number of ether oxygens (including phenoxy) is 1. The Morgan fingerprint density at radius 3 is 2.72 bits per heavy atom. The van der Waals surface area contributed by atoms with Crippen LogP contribution in [0.4, 0.5) is 5.69 Å². The maximum Gasteiger partial charge on any atom is 0.135 e. The first kappa shape index (κ1) is 17.5. The maximum absolute atomic E-state index is 12.6. The summed E-state index contributed by atoms with van der Waals surface area (Å²) in [5, 5.41) is 0. The van der Waals surface area contributed by atoms with Crippen molar-refractivity contribution in [2.75, 3.05) is 18.6 Å². The normalized spacial score (nSPS) is 16.4. The molecule has 0 spiro atoms. The van der Waals surface area contributed by atoms with Gasteiger partial charge < -0.3 is 9.64 Å². The largest absolute Gasteiger partial charge is 0.497 e. The second-order valence-electron chi connectivity index (χ2n) is 6.71. The lowest BCUT2D eigenvalue weighted by Gasteiger charge is -2.39. The molecular weight excluding hydrogens is 310 g/mol. The fraction of sp³-hybridized carbons (Fsp3) is 0.409. The minimum Gasteiger partial charge on any atom is -0.497 e. The van der Waals surface area contributed by atoms with Gasteiger partial charge in [-0.15, -0.1) is 0 Å². The van der Waals surface area contributed by atoms with Crippen molar-refractivity contribution in [3.8, 4) is 5.75 Å². The summed E-state index contributed by atoms with van der Waals surface area (Å²) >= 11 is 0. The molecule has 0 aromatic heterocycles. The van der Waals surface area contributed by atoms with E-state index in [9.17, 15) is 4.79 Å². The molecule has 0 aliphatic carbocycles. The third kappa shape index (κ3) is 4.04. The van der Waals surface area contributed by atoms with E-state index in [4.69, 9.17) is 4.74 Å². The van der Waals surface area contributed by atoms with Crippen molar-refractivity contribution in [2.24, 2.45) is 0 Å². The van der Waals surface area contributed by atoms with Crippen molar-refractivity contribution in [3.63, 3.8) is 0 Å². The first-order valence-electron chi connectivity index (χ1n) is 9.23. The monoisotopic (exact) mass is 337 g/mol. The Morgan fingerprint density at radius 2 is 2.00 bits per heavy atom. The number of Topliss-reactive ketones (excluding diaryl/α,β-unsaturated/α-hetero) is 1. The molecule has 0 saturated heterocycles. The zero-order valence-electron chi connectivity index (χ0n) is 15.2. The molecule has 2 aromatic rings. The Bertz CT molecular complexity index is 711. The van der Waals surface area contributed by atoms with Crippen molar-refractivity contribution >= 4 is 11.5 Å². The van der Waals surface area contributed by atoms with Gasteiger partial charge in [0.25, 0.3) is 0 Å². The van der Waals surface area contributed by atoms with Gasteiger partial charge in [-0.05, 0) is 48.2 Å². The number of hydrogen-bond donors (Lipinski definition) is 0. The molecule has 3 heteroatoms. The van der Waals surface area contributed by atoms with Gasteiger partial charge in [0.1, 0.15) is 11.5 Å². The van der Waals surface area contributed by atoms with Crippen LogP contribution in [0, 0.1) is 0 Å². The summed E-state index contributed by atoms with van der Waals surface area (Å²) in [4.78, 5) is 14.9. The number of benzene rings is 2. The summed E-state index contributed by atoms with van der Waals surface area (Å²) in [5.41, 5.74) is 3.75. The van der Waals surface area contributed by atoms with E-state index in [-0.39, 0.29) is 6.04 Å². The quantitative estimate of drug-likeness (QED) is 0.716. The Hall–Kier alpha value is -2.29. The lowest BCUT2D eigenvalue weighted by molar-refractivity contribution is -0.119. The molecule has 0 N–H and O–H groups in total. The molecule has 132 valence electrons. The summed E-state index contributed by atoms with van der Waals surface area (Å²) in [6.45, 7) is 3.07. The van der Waals surface area contributed by atoms with Crippen LogP contribution in [0.5, 0.6) is 5.75 Å². The van der Waals surface area contributed by atoms with Crippen LogP contribution >= 0.6 is 0 Å². The Morgan fingerprint density at radius 1 is 1.20 bits per heavy atom. The summed E-state index contributed by atoms with van der Waals surface area (Å²) in [5.74, 6) is 1.21.